The molecule has 0 radical (unpaired) electrons. The number of hydrogen-bond donors (Lipinski definition) is 1. The number of anilines is 1. The zero-order valence-electron chi connectivity index (χ0n) is 11.5. The summed E-state index contributed by atoms with van der Waals surface area (Å²) in [5.74, 6) is 2.23. The summed E-state index contributed by atoms with van der Waals surface area (Å²) in [6.07, 6.45) is 6.89. The van der Waals surface area contributed by atoms with Gasteiger partial charge in [-0.2, -0.15) is 0 Å². The SMILES string of the molecule is CC(C)Oc1cc(NC2CCCCC2C)ncn1. The molecule has 100 valence electrons. The van der Waals surface area contributed by atoms with Crippen molar-refractivity contribution < 1.29 is 4.74 Å². The molecule has 0 bridgehead atoms. The number of hydrogen-bond acceptors (Lipinski definition) is 4. The molecule has 0 aliphatic heterocycles. The zero-order chi connectivity index (χ0) is 13.0. The van der Waals surface area contributed by atoms with E-state index in [1.807, 2.05) is 19.9 Å². The fraction of sp³-hybridized carbons (Fsp3) is 0.714. The average Bonchev–Trinajstić information content (AvgIpc) is 2.32. The molecule has 0 saturated heterocycles. The lowest BCUT2D eigenvalue weighted by molar-refractivity contribution is 0.232. The fourth-order valence-corrected chi connectivity index (χ4v) is 2.44. The fourth-order valence-electron chi connectivity index (χ4n) is 2.44. The Morgan fingerprint density at radius 1 is 1.28 bits per heavy atom. The van der Waals surface area contributed by atoms with E-state index in [4.69, 9.17) is 4.74 Å². The Balaban J connectivity index is 1.99. The second-order valence-corrected chi connectivity index (χ2v) is 5.42. The van der Waals surface area contributed by atoms with E-state index in [0.29, 0.717) is 17.8 Å². The van der Waals surface area contributed by atoms with Crippen molar-refractivity contribution in [3.8, 4) is 5.88 Å². The van der Waals surface area contributed by atoms with Gasteiger partial charge >= 0.3 is 0 Å². The van der Waals surface area contributed by atoms with Crippen LogP contribution in [-0.2, 0) is 0 Å². The Kier molecular flexibility index (Phi) is 4.39. The van der Waals surface area contributed by atoms with Crippen LogP contribution in [0.5, 0.6) is 5.88 Å². The van der Waals surface area contributed by atoms with Gasteiger partial charge < -0.3 is 10.1 Å². The van der Waals surface area contributed by atoms with E-state index in [1.165, 1.54) is 25.7 Å². The molecule has 1 aliphatic rings. The molecule has 4 nitrogen and oxygen atoms in total. The highest BCUT2D eigenvalue weighted by molar-refractivity contribution is 5.38. The molecule has 1 aromatic rings. The first-order chi connectivity index (χ1) is 8.65. The van der Waals surface area contributed by atoms with E-state index in [2.05, 4.69) is 22.2 Å². The second kappa shape index (κ2) is 6.03. The predicted octanol–water partition coefficient (Wildman–Crippen LogP) is 3.25. The van der Waals surface area contributed by atoms with Crippen molar-refractivity contribution in [2.75, 3.05) is 5.32 Å². The van der Waals surface area contributed by atoms with E-state index in [1.54, 1.807) is 6.33 Å². The van der Waals surface area contributed by atoms with Crippen molar-refractivity contribution >= 4 is 5.82 Å². The Morgan fingerprint density at radius 2 is 2.06 bits per heavy atom. The number of nitrogens with zero attached hydrogens (tertiary/aromatic N) is 2. The van der Waals surface area contributed by atoms with Crippen LogP contribution in [0.15, 0.2) is 12.4 Å². The molecule has 1 aromatic heterocycles. The van der Waals surface area contributed by atoms with Crippen LogP contribution in [0.4, 0.5) is 5.82 Å². The summed E-state index contributed by atoms with van der Waals surface area (Å²) < 4.78 is 5.58. The van der Waals surface area contributed by atoms with Crippen LogP contribution in [0, 0.1) is 5.92 Å². The van der Waals surface area contributed by atoms with Crippen LogP contribution in [0.25, 0.3) is 0 Å². The lowest BCUT2D eigenvalue weighted by Crippen LogP contribution is -2.30. The standard InChI is InChI=1S/C14H23N3O/c1-10(2)18-14-8-13(15-9-16-14)17-12-7-5-4-6-11(12)3/h8-12H,4-7H2,1-3H3,(H,15,16,17). The van der Waals surface area contributed by atoms with Gasteiger partial charge in [-0.15, -0.1) is 0 Å². The van der Waals surface area contributed by atoms with Crippen LogP contribution in [-0.4, -0.2) is 22.1 Å². The molecule has 1 saturated carbocycles. The molecule has 2 atom stereocenters. The van der Waals surface area contributed by atoms with Crippen LogP contribution in [0.1, 0.15) is 46.5 Å². The summed E-state index contributed by atoms with van der Waals surface area (Å²) in [5.41, 5.74) is 0. The third-order valence-corrected chi connectivity index (χ3v) is 3.44. The van der Waals surface area contributed by atoms with Crippen molar-refractivity contribution in [1.29, 1.82) is 0 Å². The van der Waals surface area contributed by atoms with Crippen molar-refractivity contribution in [1.82, 2.24) is 9.97 Å². The highest BCUT2D eigenvalue weighted by Gasteiger charge is 2.21. The first kappa shape index (κ1) is 13.1. The minimum atomic E-state index is 0.140. The molecule has 1 heterocycles. The van der Waals surface area contributed by atoms with Gasteiger partial charge in [0.2, 0.25) is 5.88 Å². The van der Waals surface area contributed by atoms with Gasteiger partial charge in [0.25, 0.3) is 0 Å². The smallest absolute Gasteiger partial charge is 0.218 e. The van der Waals surface area contributed by atoms with E-state index in [9.17, 15) is 0 Å². The van der Waals surface area contributed by atoms with Gasteiger partial charge in [-0.1, -0.05) is 19.8 Å². The molecule has 0 spiro atoms. The third kappa shape index (κ3) is 3.59. The predicted molar refractivity (Wildman–Crippen MR) is 72.8 cm³/mol. The highest BCUT2D eigenvalue weighted by Crippen LogP contribution is 2.26. The monoisotopic (exact) mass is 249 g/mol. The van der Waals surface area contributed by atoms with Crippen molar-refractivity contribution in [2.45, 2.75) is 58.6 Å². The van der Waals surface area contributed by atoms with E-state index in [-0.39, 0.29) is 6.10 Å². The molecule has 2 rings (SSSR count). The third-order valence-electron chi connectivity index (χ3n) is 3.44. The molecule has 1 aliphatic carbocycles. The molecule has 1 fully saturated rings. The summed E-state index contributed by atoms with van der Waals surface area (Å²) in [5, 5.41) is 3.51. The quantitative estimate of drug-likeness (QED) is 0.889. The van der Waals surface area contributed by atoms with Gasteiger partial charge in [0.1, 0.15) is 12.1 Å². The Bertz CT molecular complexity index is 381. The second-order valence-electron chi connectivity index (χ2n) is 5.42. The van der Waals surface area contributed by atoms with E-state index >= 15 is 0 Å². The molecule has 2 unspecified atom stereocenters. The first-order valence-electron chi connectivity index (χ1n) is 6.90. The van der Waals surface area contributed by atoms with Crippen molar-refractivity contribution in [2.24, 2.45) is 5.92 Å². The minimum Gasteiger partial charge on any atom is -0.475 e. The Labute approximate surface area is 109 Å². The van der Waals surface area contributed by atoms with Crippen LogP contribution < -0.4 is 10.1 Å². The Hall–Kier alpha value is -1.32. The lowest BCUT2D eigenvalue weighted by Gasteiger charge is -2.29. The molecule has 4 heteroatoms. The number of rotatable bonds is 4. The maximum absolute atomic E-state index is 5.58. The Morgan fingerprint density at radius 3 is 2.78 bits per heavy atom. The van der Waals surface area contributed by atoms with Gasteiger partial charge in [0.05, 0.1) is 6.10 Å². The topological polar surface area (TPSA) is 47.0 Å². The van der Waals surface area contributed by atoms with Gasteiger partial charge in [-0.05, 0) is 32.6 Å². The van der Waals surface area contributed by atoms with Crippen LogP contribution in [0.3, 0.4) is 0 Å². The minimum absolute atomic E-state index is 0.140. The number of nitrogens with one attached hydrogen (secondary N) is 1. The summed E-state index contributed by atoms with van der Waals surface area (Å²) >= 11 is 0. The van der Waals surface area contributed by atoms with Crippen molar-refractivity contribution in [3.05, 3.63) is 12.4 Å². The molecule has 0 amide bonds. The molecule has 0 aromatic carbocycles. The van der Waals surface area contributed by atoms with Crippen LogP contribution >= 0.6 is 0 Å². The summed E-state index contributed by atoms with van der Waals surface area (Å²) in [6, 6.07) is 2.42. The average molecular weight is 249 g/mol. The maximum atomic E-state index is 5.58. The zero-order valence-corrected chi connectivity index (χ0v) is 11.5. The number of aromatic nitrogens is 2. The highest BCUT2D eigenvalue weighted by atomic mass is 16.5. The molecule has 18 heavy (non-hydrogen) atoms. The molecular weight excluding hydrogens is 226 g/mol. The first-order valence-corrected chi connectivity index (χ1v) is 6.90. The normalized spacial score (nSPS) is 24.0. The largest absolute Gasteiger partial charge is 0.475 e. The lowest BCUT2D eigenvalue weighted by atomic mass is 9.86. The van der Waals surface area contributed by atoms with E-state index < -0.39 is 0 Å². The van der Waals surface area contributed by atoms with Gasteiger partial charge in [0.15, 0.2) is 0 Å². The number of ether oxygens (including phenoxy) is 1. The molecular formula is C14H23N3O. The molecule has 1 N–H and O–H groups in total. The maximum Gasteiger partial charge on any atom is 0.218 e. The van der Waals surface area contributed by atoms with Crippen molar-refractivity contribution in [3.63, 3.8) is 0 Å². The summed E-state index contributed by atoms with van der Waals surface area (Å²) in [7, 11) is 0. The van der Waals surface area contributed by atoms with Gasteiger partial charge in [-0.25, -0.2) is 9.97 Å². The van der Waals surface area contributed by atoms with Gasteiger partial charge in [-0.3, -0.25) is 0 Å². The summed E-state index contributed by atoms with van der Waals surface area (Å²) in [4.78, 5) is 8.39. The van der Waals surface area contributed by atoms with E-state index in [0.717, 1.165) is 5.82 Å². The summed E-state index contributed by atoms with van der Waals surface area (Å²) in [6.45, 7) is 6.31. The van der Waals surface area contributed by atoms with Gasteiger partial charge in [0, 0.05) is 12.1 Å². The van der Waals surface area contributed by atoms with Crippen LogP contribution in [0.2, 0.25) is 0 Å².